The Morgan fingerprint density at radius 3 is 2.19 bits per heavy atom. The fourth-order valence-electron chi connectivity index (χ4n) is 2.83. The molecule has 0 unspecified atom stereocenters. The van der Waals surface area contributed by atoms with Crippen LogP contribution in [0.1, 0.15) is 15.9 Å². The van der Waals surface area contributed by atoms with Crippen molar-refractivity contribution in [2.45, 2.75) is 10.9 Å². The monoisotopic (exact) mass is 391 g/mol. The van der Waals surface area contributed by atoms with E-state index in [1.807, 2.05) is 0 Å². The van der Waals surface area contributed by atoms with Gasteiger partial charge < -0.3 is 10.3 Å². The molecule has 0 aliphatic rings. The maximum atomic E-state index is 12.8. The summed E-state index contributed by atoms with van der Waals surface area (Å²) >= 11 is 0. The maximum absolute atomic E-state index is 12.8. The van der Waals surface area contributed by atoms with E-state index in [-0.39, 0.29) is 21.9 Å². The molecule has 10 nitrogen and oxygen atoms in total. The van der Waals surface area contributed by atoms with Crippen molar-refractivity contribution < 1.29 is 13.2 Å². The van der Waals surface area contributed by atoms with E-state index in [0.717, 1.165) is 9.13 Å². The van der Waals surface area contributed by atoms with Crippen LogP contribution in [0, 0.1) is 0 Å². The summed E-state index contributed by atoms with van der Waals surface area (Å²) in [4.78, 5) is 39.6. The second kappa shape index (κ2) is 6.20. The number of primary amides is 1. The first-order valence-electron chi connectivity index (χ1n) is 7.78. The van der Waals surface area contributed by atoms with Gasteiger partial charge in [0.25, 0.3) is 5.56 Å². The molecule has 0 fully saturated rings. The Hall–Kier alpha value is -3.21. The number of amides is 1. The first-order valence-corrected chi connectivity index (χ1v) is 9.43. The lowest BCUT2D eigenvalue weighted by atomic mass is 10.1. The van der Waals surface area contributed by atoms with Crippen molar-refractivity contribution in [2.75, 3.05) is 0 Å². The standard InChI is InChI=1S/C16H17N5O5S/c1-19-11-13(20(2)16(24)21(3)14(11)23)18-15(19)27(25,26)8-9-4-6-10(7-5-9)12(17)22/h4-7H,8H2,1-3H3,(H2,17,22). The van der Waals surface area contributed by atoms with Gasteiger partial charge in [0.05, 0.1) is 5.75 Å². The lowest BCUT2D eigenvalue weighted by molar-refractivity contribution is 0.100. The molecule has 27 heavy (non-hydrogen) atoms. The van der Waals surface area contributed by atoms with Crippen LogP contribution in [0.25, 0.3) is 11.2 Å². The lowest BCUT2D eigenvalue weighted by Crippen LogP contribution is -2.37. The third kappa shape index (κ3) is 2.95. The number of nitrogens with zero attached hydrogens (tertiary/aromatic N) is 4. The second-order valence-electron chi connectivity index (χ2n) is 6.15. The summed E-state index contributed by atoms with van der Waals surface area (Å²) < 4.78 is 28.8. The molecule has 0 saturated carbocycles. The van der Waals surface area contributed by atoms with E-state index in [1.54, 1.807) is 0 Å². The lowest BCUT2D eigenvalue weighted by Gasteiger charge is -2.05. The minimum absolute atomic E-state index is 0.00625. The van der Waals surface area contributed by atoms with E-state index in [1.165, 1.54) is 50.0 Å². The number of aryl methyl sites for hydroxylation is 2. The number of hydrogen-bond acceptors (Lipinski definition) is 6. The van der Waals surface area contributed by atoms with Gasteiger partial charge in [-0.1, -0.05) is 12.1 Å². The van der Waals surface area contributed by atoms with Crippen LogP contribution in [0.5, 0.6) is 0 Å². The van der Waals surface area contributed by atoms with Crippen molar-refractivity contribution in [2.24, 2.45) is 26.9 Å². The average Bonchev–Trinajstić information content (AvgIpc) is 2.96. The molecule has 0 aliphatic heterocycles. The van der Waals surface area contributed by atoms with E-state index < -0.39 is 32.7 Å². The van der Waals surface area contributed by atoms with Crippen molar-refractivity contribution in [1.82, 2.24) is 18.7 Å². The predicted molar refractivity (Wildman–Crippen MR) is 97.0 cm³/mol. The molecule has 3 aromatic rings. The van der Waals surface area contributed by atoms with Crippen LogP contribution in [0.4, 0.5) is 0 Å². The third-order valence-corrected chi connectivity index (χ3v) is 5.94. The number of sulfone groups is 1. The number of benzene rings is 1. The highest BCUT2D eigenvalue weighted by Gasteiger charge is 2.26. The fourth-order valence-corrected chi connectivity index (χ4v) is 4.32. The summed E-state index contributed by atoms with van der Waals surface area (Å²) in [6.45, 7) is 0. The van der Waals surface area contributed by atoms with Crippen molar-refractivity contribution in [1.29, 1.82) is 0 Å². The molecule has 3 rings (SSSR count). The minimum Gasteiger partial charge on any atom is -0.366 e. The fraction of sp³-hybridized carbons (Fsp3) is 0.250. The first-order chi connectivity index (χ1) is 12.5. The van der Waals surface area contributed by atoms with E-state index in [4.69, 9.17) is 5.73 Å². The highest BCUT2D eigenvalue weighted by Crippen LogP contribution is 2.19. The molecule has 1 aromatic carbocycles. The summed E-state index contributed by atoms with van der Waals surface area (Å²) in [5, 5.41) is -0.324. The number of imidazole rings is 1. The smallest absolute Gasteiger partial charge is 0.332 e. The van der Waals surface area contributed by atoms with E-state index in [2.05, 4.69) is 4.98 Å². The SMILES string of the molecule is Cn1c(=O)c2c(nc(S(=O)(=O)Cc3ccc(C(N)=O)cc3)n2C)n(C)c1=O. The molecule has 0 spiro atoms. The van der Waals surface area contributed by atoms with Crippen molar-refractivity contribution >= 4 is 26.9 Å². The van der Waals surface area contributed by atoms with Crippen molar-refractivity contribution in [3.8, 4) is 0 Å². The molecule has 11 heteroatoms. The van der Waals surface area contributed by atoms with Crippen LogP contribution >= 0.6 is 0 Å². The Labute approximate surface area is 153 Å². The third-order valence-electron chi connectivity index (χ3n) is 4.31. The highest BCUT2D eigenvalue weighted by molar-refractivity contribution is 7.90. The molecular weight excluding hydrogens is 374 g/mol. The summed E-state index contributed by atoms with van der Waals surface area (Å²) in [7, 11) is 0.205. The number of rotatable bonds is 4. The normalized spacial score (nSPS) is 11.8. The van der Waals surface area contributed by atoms with Gasteiger partial charge in [0.15, 0.2) is 11.2 Å². The number of fused-ring (bicyclic) bond motifs is 1. The Morgan fingerprint density at radius 2 is 1.63 bits per heavy atom. The predicted octanol–water partition coefficient (Wildman–Crippen LogP) is -0.956. The molecule has 2 heterocycles. The van der Waals surface area contributed by atoms with E-state index in [0.29, 0.717) is 5.56 Å². The first kappa shape index (κ1) is 18.6. The van der Waals surface area contributed by atoms with Gasteiger partial charge in [-0.15, -0.1) is 0 Å². The summed E-state index contributed by atoms with van der Waals surface area (Å²) in [5.74, 6) is -1.01. The van der Waals surface area contributed by atoms with Gasteiger partial charge in [-0.2, -0.15) is 4.98 Å². The van der Waals surface area contributed by atoms with E-state index in [9.17, 15) is 22.8 Å². The zero-order chi connectivity index (χ0) is 20.1. The zero-order valence-corrected chi connectivity index (χ0v) is 15.6. The Morgan fingerprint density at radius 1 is 1.04 bits per heavy atom. The van der Waals surface area contributed by atoms with Gasteiger partial charge in [-0.3, -0.25) is 18.7 Å². The highest BCUT2D eigenvalue weighted by atomic mass is 32.2. The van der Waals surface area contributed by atoms with Gasteiger partial charge in [0.2, 0.25) is 20.9 Å². The van der Waals surface area contributed by atoms with Gasteiger partial charge in [-0.25, -0.2) is 13.2 Å². The van der Waals surface area contributed by atoms with Crippen LogP contribution in [0.2, 0.25) is 0 Å². The number of carbonyl (C=O) groups is 1. The van der Waals surface area contributed by atoms with Crippen LogP contribution < -0.4 is 17.0 Å². The molecular formula is C16H17N5O5S. The molecule has 0 aliphatic carbocycles. The minimum atomic E-state index is -3.93. The molecule has 1 amide bonds. The molecule has 2 aromatic heterocycles. The van der Waals surface area contributed by atoms with Gasteiger partial charge >= 0.3 is 5.69 Å². The van der Waals surface area contributed by atoms with Crippen LogP contribution in [-0.4, -0.2) is 33.0 Å². The van der Waals surface area contributed by atoms with E-state index >= 15 is 0 Å². The Kier molecular flexibility index (Phi) is 4.26. The van der Waals surface area contributed by atoms with Gasteiger partial charge in [0.1, 0.15) is 0 Å². The largest absolute Gasteiger partial charge is 0.366 e. The Balaban J connectivity index is 2.14. The van der Waals surface area contributed by atoms with Gasteiger partial charge in [0, 0.05) is 26.7 Å². The molecule has 142 valence electrons. The summed E-state index contributed by atoms with van der Waals surface area (Å²) in [5.41, 5.74) is 4.63. The van der Waals surface area contributed by atoms with Gasteiger partial charge in [-0.05, 0) is 17.7 Å². The average molecular weight is 391 g/mol. The number of nitrogens with two attached hydrogens (primary N) is 1. The molecule has 0 atom stereocenters. The molecule has 0 radical (unpaired) electrons. The van der Waals surface area contributed by atoms with Crippen molar-refractivity contribution in [3.63, 3.8) is 0 Å². The number of hydrogen-bond donors (Lipinski definition) is 1. The Bertz CT molecular complexity index is 1300. The molecule has 0 saturated heterocycles. The number of carbonyl (C=O) groups excluding carboxylic acids is 1. The maximum Gasteiger partial charge on any atom is 0.332 e. The summed E-state index contributed by atoms with van der Waals surface area (Å²) in [6.07, 6.45) is 0. The summed E-state index contributed by atoms with van der Waals surface area (Å²) in [6, 6.07) is 5.83. The van der Waals surface area contributed by atoms with Crippen molar-refractivity contribution in [3.05, 3.63) is 56.2 Å². The van der Waals surface area contributed by atoms with Crippen LogP contribution in [0.3, 0.4) is 0 Å². The number of aromatic nitrogens is 4. The quantitative estimate of drug-likeness (QED) is 0.608. The van der Waals surface area contributed by atoms with Crippen LogP contribution in [0.15, 0.2) is 39.0 Å². The second-order valence-corrected chi connectivity index (χ2v) is 8.03. The topological polar surface area (TPSA) is 139 Å². The van der Waals surface area contributed by atoms with Crippen LogP contribution in [-0.2, 0) is 36.7 Å². The zero-order valence-electron chi connectivity index (χ0n) is 14.8. The molecule has 2 N–H and O–H groups in total. The molecule has 0 bridgehead atoms.